The molecule has 0 radical (unpaired) electrons. The highest BCUT2D eigenvalue weighted by atomic mass is 32.2. The minimum atomic E-state index is -0.0857. The molecule has 0 aliphatic carbocycles. The molecule has 3 heteroatoms. The van der Waals surface area contributed by atoms with Crippen molar-refractivity contribution in [1.29, 1.82) is 0 Å². The summed E-state index contributed by atoms with van der Waals surface area (Å²) in [6.07, 6.45) is 2.71. The first-order valence-electron chi connectivity index (χ1n) is 5.51. The molecule has 0 fully saturated rings. The van der Waals surface area contributed by atoms with Gasteiger partial charge in [0.1, 0.15) is 0 Å². The van der Waals surface area contributed by atoms with Crippen molar-refractivity contribution in [3.8, 4) is 0 Å². The van der Waals surface area contributed by atoms with Gasteiger partial charge >= 0.3 is 0 Å². The second-order valence-electron chi connectivity index (χ2n) is 4.12. The molecule has 0 amide bonds. The molecule has 0 saturated heterocycles. The number of hydrogen-bond acceptors (Lipinski definition) is 3. The van der Waals surface area contributed by atoms with Crippen LogP contribution in [-0.2, 0) is 11.2 Å². The number of ketones is 1. The molecule has 1 N–H and O–H groups in total. The fraction of sp³-hybridized carbons (Fsp3) is 0.462. The third-order valence-electron chi connectivity index (χ3n) is 2.46. The lowest BCUT2D eigenvalue weighted by Gasteiger charge is -2.18. The van der Waals surface area contributed by atoms with Crippen molar-refractivity contribution in [1.82, 2.24) is 4.72 Å². The zero-order chi connectivity index (χ0) is 12.0. The molecule has 1 aromatic carbocycles. The number of Topliss-reactive ketones (excluding diaryl/α,β-unsaturated/α-hetero) is 1. The molecule has 1 rings (SSSR count). The summed E-state index contributed by atoms with van der Waals surface area (Å²) in [6, 6.07) is 10.0. The number of carbonyl (C=O) groups is 1. The molecular formula is C13H19NOS. The van der Waals surface area contributed by atoms with Gasteiger partial charge in [0.25, 0.3) is 0 Å². The van der Waals surface area contributed by atoms with Crippen molar-refractivity contribution >= 4 is 17.7 Å². The van der Waals surface area contributed by atoms with Gasteiger partial charge in [-0.25, -0.2) is 0 Å². The van der Waals surface area contributed by atoms with Crippen LogP contribution in [0.3, 0.4) is 0 Å². The van der Waals surface area contributed by atoms with Crippen LogP contribution in [0.4, 0.5) is 0 Å². The predicted molar refractivity (Wildman–Crippen MR) is 70.4 cm³/mol. The van der Waals surface area contributed by atoms with E-state index in [1.807, 2.05) is 38.3 Å². The summed E-state index contributed by atoms with van der Waals surface area (Å²) in [5.41, 5.74) is 1.20. The number of hydrogen-bond donors (Lipinski definition) is 1. The van der Waals surface area contributed by atoms with Crippen molar-refractivity contribution in [3.05, 3.63) is 35.9 Å². The molecule has 0 aliphatic rings. The lowest BCUT2D eigenvalue weighted by Crippen LogP contribution is -2.37. The topological polar surface area (TPSA) is 29.1 Å². The monoisotopic (exact) mass is 237 g/mol. The molecule has 0 aromatic heterocycles. The van der Waals surface area contributed by atoms with Gasteiger partial charge in [0, 0.05) is 5.92 Å². The van der Waals surface area contributed by atoms with Crippen LogP contribution in [0, 0.1) is 5.92 Å². The van der Waals surface area contributed by atoms with Crippen LogP contribution in [0.2, 0.25) is 0 Å². The Morgan fingerprint density at radius 3 is 2.44 bits per heavy atom. The second-order valence-corrected chi connectivity index (χ2v) is 4.77. The van der Waals surface area contributed by atoms with Crippen LogP contribution in [0.25, 0.3) is 0 Å². The van der Waals surface area contributed by atoms with Crippen LogP contribution in [0.5, 0.6) is 0 Å². The van der Waals surface area contributed by atoms with Gasteiger partial charge in [-0.3, -0.25) is 9.52 Å². The largest absolute Gasteiger partial charge is 0.298 e. The normalized spacial score (nSPS) is 12.8. The van der Waals surface area contributed by atoms with Gasteiger partial charge < -0.3 is 0 Å². The predicted octanol–water partition coefficient (Wildman–Crippen LogP) is 2.69. The maximum absolute atomic E-state index is 12.0. The average molecular weight is 237 g/mol. The number of benzene rings is 1. The molecule has 1 aromatic rings. The zero-order valence-corrected chi connectivity index (χ0v) is 10.9. The number of carbonyl (C=O) groups excluding carboxylic acids is 1. The minimum absolute atomic E-state index is 0.0772. The molecule has 0 aliphatic heterocycles. The van der Waals surface area contributed by atoms with E-state index in [-0.39, 0.29) is 17.7 Å². The maximum Gasteiger partial charge on any atom is 0.153 e. The third-order valence-corrected chi connectivity index (χ3v) is 2.98. The summed E-state index contributed by atoms with van der Waals surface area (Å²) < 4.78 is 3.18. The van der Waals surface area contributed by atoms with E-state index >= 15 is 0 Å². The van der Waals surface area contributed by atoms with Gasteiger partial charge in [-0.2, -0.15) is 0 Å². The third kappa shape index (κ3) is 3.99. The summed E-state index contributed by atoms with van der Waals surface area (Å²) in [6.45, 7) is 3.89. The van der Waals surface area contributed by atoms with Crippen LogP contribution >= 0.6 is 11.9 Å². The zero-order valence-electron chi connectivity index (χ0n) is 10.1. The Morgan fingerprint density at radius 1 is 1.31 bits per heavy atom. The lowest BCUT2D eigenvalue weighted by molar-refractivity contribution is -0.123. The second kappa shape index (κ2) is 6.71. The summed E-state index contributed by atoms with van der Waals surface area (Å²) in [7, 11) is 0. The first kappa shape index (κ1) is 13.3. The highest BCUT2D eigenvalue weighted by molar-refractivity contribution is 7.96. The summed E-state index contributed by atoms with van der Waals surface area (Å²) >= 11 is 1.50. The summed E-state index contributed by atoms with van der Waals surface area (Å²) in [5, 5.41) is 0. The van der Waals surface area contributed by atoms with Crippen LogP contribution in [-0.4, -0.2) is 18.1 Å². The van der Waals surface area contributed by atoms with E-state index in [2.05, 4.69) is 16.9 Å². The Bertz CT molecular complexity index is 324. The van der Waals surface area contributed by atoms with Gasteiger partial charge in [-0.1, -0.05) is 56.1 Å². The van der Waals surface area contributed by atoms with Crippen molar-refractivity contribution in [2.24, 2.45) is 5.92 Å². The molecule has 2 nitrogen and oxygen atoms in total. The van der Waals surface area contributed by atoms with E-state index in [1.165, 1.54) is 17.5 Å². The maximum atomic E-state index is 12.0. The lowest BCUT2D eigenvalue weighted by atomic mass is 9.97. The Balaban J connectivity index is 2.68. The van der Waals surface area contributed by atoms with Crippen LogP contribution in [0.1, 0.15) is 19.4 Å². The smallest absolute Gasteiger partial charge is 0.153 e. The molecule has 16 heavy (non-hydrogen) atoms. The fourth-order valence-electron chi connectivity index (χ4n) is 1.59. The van der Waals surface area contributed by atoms with Gasteiger partial charge in [-0.15, -0.1) is 0 Å². The van der Waals surface area contributed by atoms with Crippen molar-refractivity contribution in [3.63, 3.8) is 0 Å². The quantitative estimate of drug-likeness (QED) is 0.771. The van der Waals surface area contributed by atoms with Gasteiger partial charge in [0.15, 0.2) is 5.78 Å². The summed E-state index contributed by atoms with van der Waals surface area (Å²) in [4.78, 5) is 12.0. The highest BCUT2D eigenvalue weighted by Gasteiger charge is 2.20. The average Bonchev–Trinajstić information content (AvgIpc) is 2.29. The number of nitrogens with one attached hydrogen (secondary N) is 1. The Hall–Kier alpha value is -0.800. The molecule has 88 valence electrons. The van der Waals surface area contributed by atoms with E-state index in [4.69, 9.17) is 0 Å². The Kier molecular flexibility index (Phi) is 5.56. The van der Waals surface area contributed by atoms with Crippen LogP contribution < -0.4 is 4.72 Å². The highest BCUT2D eigenvalue weighted by Crippen LogP contribution is 2.09. The van der Waals surface area contributed by atoms with E-state index in [0.717, 1.165) is 6.42 Å². The minimum Gasteiger partial charge on any atom is -0.298 e. The molecule has 0 bridgehead atoms. The molecule has 0 unspecified atom stereocenters. The van der Waals surface area contributed by atoms with Gasteiger partial charge in [0.2, 0.25) is 0 Å². The molecule has 0 saturated carbocycles. The van der Waals surface area contributed by atoms with Crippen molar-refractivity contribution < 1.29 is 4.79 Å². The van der Waals surface area contributed by atoms with Gasteiger partial charge in [-0.05, 0) is 18.2 Å². The van der Waals surface area contributed by atoms with E-state index < -0.39 is 0 Å². The SMILES string of the molecule is CSN[C@@H](Cc1ccccc1)C(=O)C(C)C. The first-order chi connectivity index (χ1) is 7.65. The molecule has 0 spiro atoms. The van der Waals surface area contributed by atoms with Gasteiger partial charge in [0.05, 0.1) is 6.04 Å². The van der Waals surface area contributed by atoms with E-state index in [1.54, 1.807) is 0 Å². The van der Waals surface area contributed by atoms with E-state index in [9.17, 15) is 4.79 Å². The first-order valence-corrected chi connectivity index (χ1v) is 6.73. The Labute approximate surface area is 102 Å². The van der Waals surface area contributed by atoms with E-state index in [0.29, 0.717) is 0 Å². The van der Waals surface area contributed by atoms with Crippen LogP contribution in [0.15, 0.2) is 30.3 Å². The fourth-order valence-corrected chi connectivity index (χ4v) is 2.08. The number of rotatable bonds is 6. The molecule has 0 heterocycles. The summed E-state index contributed by atoms with van der Waals surface area (Å²) in [5.74, 6) is 0.353. The molecular weight excluding hydrogens is 218 g/mol. The van der Waals surface area contributed by atoms with Crippen molar-refractivity contribution in [2.75, 3.05) is 6.26 Å². The standard InChI is InChI=1S/C13H19NOS/c1-10(2)13(15)12(14-16-3)9-11-7-5-4-6-8-11/h4-8,10,12,14H,9H2,1-3H3/t12-/m0/s1. The molecule has 1 atom stereocenters. The Morgan fingerprint density at radius 2 is 1.94 bits per heavy atom. The van der Waals surface area contributed by atoms with Crippen molar-refractivity contribution in [2.45, 2.75) is 26.3 Å².